The van der Waals surface area contributed by atoms with Gasteiger partial charge in [0, 0.05) is 12.6 Å². The fourth-order valence-corrected chi connectivity index (χ4v) is 1.79. The van der Waals surface area contributed by atoms with Gasteiger partial charge in [-0.3, -0.25) is 4.98 Å². The Balaban J connectivity index is 1.92. The highest BCUT2D eigenvalue weighted by Gasteiger charge is 2.03. The van der Waals surface area contributed by atoms with Gasteiger partial charge in [-0.2, -0.15) is 0 Å². The van der Waals surface area contributed by atoms with E-state index in [1.54, 1.807) is 24.5 Å². The van der Waals surface area contributed by atoms with Crippen molar-refractivity contribution in [2.24, 2.45) is 0 Å². The largest absolute Gasteiger partial charge is 0.340 e. The number of pyridine rings is 1. The topological polar surface area (TPSA) is 41.6 Å². The van der Waals surface area contributed by atoms with Gasteiger partial charge in [0.2, 0.25) is 0 Å². The number of nitrogens with one attached hydrogen (secondary N) is 1. The molecule has 1 N–H and O–H groups in total. The molecule has 0 aliphatic rings. The molecule has 0 aliphatic heterocycles. The molecule has 0 amide bonds. The minimum atomic E-state index is -0.220. The lowest BCUT2D eigenvalue weighted by molar-refractivity contribution is 0.627. The molecule has 0 bridgehead atoms. The summed E-state index contributed by atoms with van der Waals surface area (Å²) in [4.78, 5) is 11.7. The van der Waals surface area contributed by atoms with Crippen molar-refractivity contribution in [1.29, 1.82) is 0 Å². The molecule has 3 rings (SSSR count). The molecule has 3 nitrogen and oxygen atoms in total. The summed E-state index contributed by atoms with van der Waals surface area (Å²) in [6.45, 7) is 0. The second-order valence-electron chi connectivity index (χ2n) is 3.88. The van der Waals surface area contributed by atoms with E-state index in [1.165, 1.54) is 12.1 Å². The summed E-state index contributed by atoms with van der Waals surface area (Å²) >= 11 is 0. The molecule has 0 radical (unpaired) electrons. The van der Waals surface area contributed by atoms with Crippen molar-refractivity contribution >= 4 is 11.0 Å². The zero-order valence-electron chi connectivity index (χ0n) is 9.02. The summed E-state index contributed by atoms with van der Waals surface area (Å²) < 4.78 is 12.8. The van der Waals surface area contributed by atoms with Gasteiger partial charge in [-0.05, 0) is 23.8 Å². The van der Waals surface area contributed by atoms with Gasteiger partial charge in [0.15, 0.2) is 0 Å². The van der Waals surface area contributed by atoms with E-state index in [0.717, 1.165) is 22.4 Å². The second-order valence-corrected chi connectivity index (χ2v) is 3.88. The van der Waals surface area contributed by atoms with Gasteiger partial charge in [-0.1, -0.05) is 12.1 Å². The first kappa shape index (κ1) is 9.96. The summed E-state index contributed by atoms with van der Waals surface area (Å²) in [5, 5.41) is 0. The van der Waals surface area contributed by atoms with E-state index >= 15 is 0 Å². The smallest absolute Gasteiger partial charge is 0.123 e. The van der Waals surface area contributed by atoms with E-state index in [4.69, 9.17) is 0 Å². The lowest BCUT2D eigenvalue weighted by Crippen LogP contribution is -1.90. The molecule has 0 saturated heterocycles. The van der Waals surface area contributed by atoms with E-state index in [2.05, 4.69) is 15.0 Å². The minimum Gasteiger partial charge on any atom is -0.340 e. The van der Waals surface area contributed by atoms with Crippen molar-refractivity contribution in [1.82, 2.24) is 15.0 Å². The molecule has 0 aliphatic carbocycles. The Morgan fingerprint density at radius 3 is 2.71 bits per heavy atom. The average Bonchev–Trinajstić information content (AvgIpc) is 2.74. The molecule has 0 spiro atoms. The van der Waals surface area contributed by atoms with Crippen LogP contribution in [0.1, 0.15) is 11.4 Å². The predicted molar refractivity (Wildman–Crippen MR) is 63.1 cm³/mol. The van der Waals surface area contributed by atoms with Crippen LogP contribution in [-0.4, -0.2) is 15.0 Å². The van der Waals surface area contributed by atoms with Crippen LogP contribution < -0.4 is 0 Å². The zero-order chi connectivity index (χ0) is 11.7. The number of fused-ring (bicyclic) bond motifs is 1. The summed E-state index contributed by atoms with van der Waals surface area (Å²) in [6.07, 6.45) is 4.12. The van der Waals surface area contributed by atoms with Gasteiger partial charge >= 0.3 is 0 Å². The molecule has 0 saturated carbocycles. The van der Waals surface area contributed by atoms with Crippen molar-refractivity contribution in [2.45, 2.75) is 6.42 Å². The van der Waals surface area contributed by atoms with Crippen LogP contribution in [0.4, 0.5) is 4.39 Å². The van der Waals surface area contributed by atoms with E-state index in [9.17, 15) is 4.39 Å². The van der Waals surface area contributed by atoms with Crippen LogP contribution in [-0.2, 0) is 6.42 Å². The fourth-order valence-electron chi connectivity index (χ4n) is 1.79. The summed E-state index contributed by atoms with van der Waals surface area (Å²) in [5.41, 5.74) is 2.85. The summed E-state index contributed by atoms with van der Waals surface area (Å²) in [7, 11) is 0. The highest BCUT2D eigenvalue weighted by molar-refractivity contribution is 5.73. The zero-order valence-corrected chi connectivity index (χ0v) is 9.02. The Morgan fingerprint density at radius 2 is 1.94 bits per heavy atom. The van der Waals surface area contributed by atoms with Crippen molar-refractivity contribution in [2.75, 3.05) is 0 Å². The highest BCUT2D eigenvalue weighted by atomic mass is 19.1. The Labute approximate surface area is 97.3 Å². The SMILES string of the molecule is Fc1ccc(Cc2nc3ccncc3[nH]2)cc1. The molecular weight excluding hydrogens is 217 g/mol. The van der Waals surface area contributed by atoms with Crippen molar-refractivity contribution in [3.63, 3.8) is 0 Å². The maximum atomic E-state index is 12.8. The van der Waals surface area contributed by atoms with Gasteiger partial charge < -0.3 is 4.98 Å². The normalized spacial score (nSPS) is 10.9. The molecule has 2 aromatic heterocycles. The first-order valence-corrected chi connectivity index (χ1v) is 5.34. The maximum Gasteiger partial charge on any atom is 0.123 e. The average molecular weight is 227 g/mol. The third kappa shape index (κ3) is 2.01. The molecule has 1 aromatic carbocycles. The maximum absolute atomic E-state index is 12.8. The molecule has 17 heavy (non-hydrogen) atoms. The van der Waals surface area contributed by atoms with E-state index in [1.807, 2.05) is 6.07 Å². The first-order valence-electron chi connectivity index (χ1n) is 5.34. The number of aromatic nitrogens is 3. The number of hydrogen-bond acceptors (Lipinski definition) is 2. The number of benzene rings is 1. The lowest BCUT2D eigenvalue weighted by atomic mass is 10.1. The van der Waals surface area contributed by atoms with Crippen LogP contribution in [0, 0.1) is 5.82 Å². The fraction of sp³-hybridized carbons (Fsp3) is 0.0769. The van der Waals surface area contributed by atoms with Crippen LogP contribution in [0.3, 0.4) is 0 Å². The number of H-pyrrole nitrogens is 1. The van der Waals surface area contributed by atoms with E-state index in [0.29, 0.717) is 6.42 Å². The third-order valence-electron chi connectivity index (χ3n) is 2.62. The molecule has 84 valence electrons. The van der Waals surface area contributed by atoms with Gasteiger partial charge in [-0.25, -0.2) is 9.37 Å². The Morgan fingerprint density at radius 1 is 1.12 bits per heavy atom. The van der Waals surface area contributed by atoms with E-state index < -0.39 is 0 Å². The van der Waals surface area contributed by atoms with Crippen LogP contribution in [0.2, 0.25) is 0 Å². The Kier molecular flexibility index (Phi) is 2.33. The number of halogens is 1. The van der Waals surface area contributed by atoms with Crippen molar-refractivity contribution in [3.05, 3.63) is 59.9 Å². The Hall–Kier alpha value is -2.23. The first-order chi connectivity index (χ1) is 8.31. The number of imidazole rings is 1. The van der Waals surface area contributed by atoms with Crippen molar-refractivity contribution < 1.29 is 4.39 Å². The second kappa shape index (κ2) is 3.97. The van der Waals surface area contributed by atoms with E-state index in [-0.39, 0.29) is 5.82 Å². The van der Waals surface area contributed by atoms with Gasteiger partial charge in [0.25, 0.3) is 0 Å². The molecule has 0 unspecified atom stereocenters. The predicted octanol–water partition coefficient (Wildman–Crippen LogP) is 2.69. The molecule has 0 fully saturated rings. The van der Waals surface area contributed by atoms with Crippen molar-refractivity contribution in [3.8, 4) is 0 Å². The summed E-state index contributed by atoms with van der Waals surface area (Å²) in [5.74, 6) is 0.641. The van der Waals surface area contributed by atoms with Crippen LogP contribution in [0.25, 0.3) is 11.0 Å². The quantitative estimate of drug-likeness (QED) is 0.731. The molecule has 3 aromatic rings. The number of aromatic amines is 1. The van der Waals surface area contributed by atoms with Crippen LogP contribution in [0.5, 0.6) is 0 Å². The number of hydrogen-bond donors (Lipinski definition) is 1. The standard InChI is InChI=1S/C13H10FN3/c14-10-3-1-9(2-4-10)7-13-16-11-5-6-15-8-12(11)17-13/h1-6,8H,7H2,(H,16,17). The highest BCUT2D eigenvalue weighted by Crippen LogP contribution is 2.12. The summed E-state index contributed by atoms with van der Waals surface area (Å²) in [6, 6.07) is 8.31. The minimum absolute atomic E-state index is 0.220. The molecular formula is C13H10FN3. The molecule has 0 atom stereocenters. The number of rotatable bonds is 2. The van der Waals surface area contributed by atoms with Gasteiger partial charge in [-0.15, -0.1) is 0 Å². The molecule has 2 heterocycles. The third-order valence-corrected chi connectivity index (χ3v) is 2.62. The van der Waals surface area contributed by atoms with Crippen LogP contribution in [0.15, 0.2) is 42.7 Å². The van der Waals surface area contributed by atoms with Gasteiger partial charge in [0.05, 0.1) is 17.2 Å². The monoisotopic (exact) mass is 227 g/mol. The van der Waals surface area contributed by atoms with Crippen LogP contribution >= 0.6 is 0 Å². The Bertz CT molecular complexity index is 610. The van der Waals surface area contributed by atoms with Gasteiger partial charge in [0.1, 0.15) is 11.6 Å². The number of nitrogens with zero attached hydrogens (tertiary/aromatic N) is 2. The lowest BCUT2D eigenvalue weighted by Gasteiger charge is -1.97. The molecule has 4 heteroatoms.